The molecule has 0 amide bonds. The Balaban J connectivity index is 2.09. The smallest absolute Gasteiger partial charge is 0.372 e. The Hall–Kier alpha value is -3.09. The molecule has 0 aliphatic heterocycles. The molecule has 2 aromatic carbocycles. The first-order valence-electron chi connectivity index (χ1n) is 6.83. The van der Waals surface area contributed by atoms with Crippen molar-refractivity contribution in [1.29, 1.82) is 0 Å². The zero-order valence-corrected chi connectivity index (χ0v) is 12.3. The van der Waals surface area contributed by atoms with Gasteiger partial charge in [0.2, 0.25) is 5.78 Å². The Morgan fingerprint density at radius 3 is 2.25 bits per heavy atom. The molecule has 124 valence electrons. The van der Waals surface area contributed by atoms with Crippen LogP contribution in [-0.4, -0.2) is 22.6 Å². The van der Waals surface area contributed by atoms with Crippen molar-refractivity contribution in [3.63, 3.8) is 0 Å². The van der Waals surface area contributed by atoms with Crippen LogP contribution in [0.4, 0.5) is 8.78 Å². The van der Waals surface area contributed by atoms with Crippen LogP contribution in [0.5, 0.6) is 5.75 Å². The maximum atomic E-state index is 13.5. The van der Waals surface area contributed by atoms with E-state index in [1.807, 2.05) is 0 Å². The number of hydrogen-bond acceptors (Lipinski definition) is 4. The minimum absolute atomic E-state index is 0.0658. The Morgan fingerprint density at radius 2 is 1.62 bits per heavy atom. The van der Waals surface area contributed by atoms with E-state index < -0.39 is 35.6 Å². The lowest BCUT2D eigenvalue weighted by molar-refractivity contribution is -0.148. The van der Waals surface area contributed by atoms with Crippen LogP contribution in [0.1, 0.15) is 22.3 Å². The van der Waals surface area contributed by atoms with E-state index >= 15 is 0 Å². The molecule has 0 unspecified atom stereocenters. The molecule has 1 N–H and O–H groups in total. The molecule has 0 aliphatic carbocycles. The van der Waals surface area contributed by atoms with Crippen molar-refractivity contribution < 1.29 is 33.0 Å². The summed E-state index contributed by atoms with van der Waals surface area (Å²) in [5, 5.41) is 8.50. The van der Waals surface area contributed by atoms with Crippen molar-refractivity contribution >= 4 is 17.5 Å². The van der Waals surface area contributed by atoms with Crippen LogP contribution in [0.2, 0.25) is 0 Å². The molecule has 7 heteroatoms. The van der Waals surface area contributed by atoms with Crippen LogP contribution in [-0.2, 0) is 16.2 Å². The van der Waals surface area contributed by atoms with E-state index in [4.69, 9.17) is 9.84 Å². The fourth-order valence-electron chi connectivity index (χ4n) is 1.91. The molecule has 0 heterocycles. The maximum Gasteiger partial charge on any atom is 0.372 e. The average molecular weight is 334 g/mol. The highest BCUT2D eigenvalue weighted by molar-refractivity contribution is 6.37. The van der Waals surface area contributed by atoms with Gasteiger partial charge in [-0.2, -0.15) is 0 Å². The summed E-state index contributed by atoms with van der Waals surface area (Å²) in [7, 11) is 0. The third kappa shape index (κ3) is 4.22. The highest BCUT2D eigenvalue weighted by Gasteiger charge is 2.18. The van der Waals surface area contributed by atoms with Gasteiger partial charge in [-0.15, -0.1) is 0 Å². The third-order valence-electron chi connectivity index (χ3n) is 3.16. The van der Waals surface area contributed by atoms with E-state index in [-0.39, 0.29) is 23.5 Å². The molecule has 24 heavy (non-hydrogen) atoms. The number of Topliss-reactive ketones (excluding diaryl/α,β-unsaturated/α-hetero) is 2. The van der Waals surface area contributed by atoms with Gasteiger partial charge in [0.25, 0.3) is 0 Å². The van der Waals surface area contributed by atoms with Crippen LogP contribution in [0, 0.1) is 11.6 Å². The quantitative estimate of drug-likeness (QED) is 0.478. The van der Waals surface area contributed by atoms with Gasteiger partial charge in [-0.25, -0.2) is 13.6 Å². The number of benzene rings is 2. The van der Waals surface area contributed by atoms with Gasteiger partial charge in [0.1, 0.15) is 24.0 Å². The Bertz CT molecular complexity index is 781. The van der Waals surface area contributed by atoms with Gasteiger partial charge >= 0.3 is 5.97 Å². The SMILES string of the molecule is O=C(O)C(=O)CC(=O)c1cccc(OCc2c(F)cccc2F)c1. The highest BCUT2D eigenvalue weighted by Crippen LogP contribution is 2.19. The zero-order chi connectivity index (χ0) is 17.7. The number of ether oxygens (including phenoxy) is 1. The van der Waals surface area contributed by atoms with E-state index in [1.165, 1.54) is 30.3 Å². The number of halogens is 2. The normalized spacial score (nSPS) is 10.2. The van der Waals surface area contributed by atoms with E-state index in [9.17, 15) is 23.2 Å². The van der Waals surface area contributed by atoms with Gasteiger partial charge in [0, 0.05) is 5.56 Å². The standard InChI is InChI=1S/C17H12F2O5/c18-13-5-2-6-14(19)12(13)9-24-11-4-1-3-10(7-11)15(20)8-16(21)17(22)23/h1-7H,8-9H2,(H,22,23). The van der Waals surface area contributed by atoms with Gasteiger partial charge in [-0.1, -0.05) is 18.2 Å². The summed E-state index contributed by atoms with van der Waals surface area (Å²) < 4.78 is 32.3. The van der Waals surface area contributed by atoms with Crippen molar-refractivity contribution in [3.8, 4) is 5.75 Å². The maximum absolute atomic E-state index is 13.5. The van der Waals surface area contributed by atoms with E-state index in [1.54, 1.807) is 0 Å². The number of hydrogen-bond donors (Lipinski definition) is 1. The minimum atomic E-state index is -1.69. The number of carboxylic acids is 1. The van der Waals surface area contributed by atoms with Crippen LogP contribution in [0.3, 0.4) is 0 Å². The molecule has 5 nitrogen and oxygen atoms in total. The van der Waals surface area contributed by atoms with Crippen LogP contribution < -0.4 is 4.74 Å². The molecule has 0 atom stereocenters. The molecule has 0 bridgehead atoms. The number of carboxylic acid groups (broad SMARTS) is 1. The summed E-state index contributed by atoms with van der Waals surface area (Å²) in [5.41, 5.74) is -0.189. The lowest BCUT2D eigenvalue weighted by Gasteiger charge is -2.09. The number of carbonyl (C=O) groups excluding carboxylic acids is 2. The summed E-state index contributed by atoms with van der Waals surface area (Å²) in [6.45, 7) is -0.385. The first-order chi connectivity index (χ1) is 11.4. The van der Waals surface area contributed by atoms with Crippen molar-refractivity contribution in [3.05, 3.63) is 65.2 Å². The number of aliphatic carboxylic acids is 1. The predicted molar refractivity (Wildman–Crippen MR) is 78.7 cm³/mol. The highest BCUT2D eigenvalue weighted by atomic mass is 19.1. The van der Waals surface area contributed by atoms with Crippen molar-refractivity contribution in [1.82, 2.24) is 0 Å². The number of rotatable bonds is 7. The molecule has 0 aromatic heterocycles. The molecule has 0 saturated carbocycles. The Morgan fingerprint density at radius 1 is 1.00 bits per heavy atom. The van der Waals surface area contributed by atoms with Crippen molar-refractivity contribution in [2.24, 2.45) is 0 Å². The largest absolute Gasteiger partial charge is 0.489 e. The summed E-state index contributed by atoms with van der Waals surface area (Å²) in [6, 6.07) is 9.00. The average Bonchev–Trinajstić information content (AvgIpc) is 2.54. The van der Waals surface area contributed by atoms with E-state index in [2.05, 4.69) is 0 Å². The molecule has 0 fully saturated rings. The molecule has 0 radical (unpaired) electrons. The fraction of sp³-hybridized carbons (Fsp3) is 0.118. The van der Waals surface area contributed by atoms with Crippen LogP contribution >= 0.6 is 0 Å². The van der Waals surface area contributed by atoms with Crippen molar-refractivity contribution in [2.75, 3.05) is 0 Å². The van der Waals surface area contributed by atoms with Crippen molar-refractivity contribution in [2.45, 2.75) is 13.0 Å². The van der Waals surface area contributed by atoms with Gasteiger partial charge in [0.05, 0.1) is 12.0 Å². The minimum Gasteiger partial charge on any atom is -0.489 e. The summed E-state index contributed by atoms with van der Waals surface area (Å²) >= 11 is 0. The molecule has 2 aromatic rings. The second-order valence-electron chi connectivity index (χ2n) is 4.85. The van der Waals surface area contributed by atoms with Crippen LogP contribution in [0.15, 0.2) is 42.5 Å². The van der Waals surface area contributed by atoms with E-state index in [0.717, 1.165) is 12.1 Å². The van der Waals surface area contributed by atoms with Gasteiger partial charge < -0.3 is 9.84 Å². The lowest BCUT2D eigenvalue weighted by atomic mass is 10.1. The molecular weight excluding hydrogens is 322 g/mol. The molecule has 0 saturated heterocycles. The molecule has 0 spiro atoms. The predicted octanol–water partition coefficient (Wildman–Crippen LogP) is 2.77. The zero-order valence-electron chi connectivity index (χ0n) is 12.3. The Kier molecular flexibility index (Phi) is 5.36. The molecule has 2 rings (SSSR count). The topological polar surface area (TPSA) is 80.7 Å². The second kappa shape index (κ2) is 7.45. The second-order valence-corrected chi connectivity index (χ2v) is 4.85. The summed E-state index contributed by atoms with van der Waals surface area (Å²) in [6.07, 6.45) is -0.777. The first-order valence-corrected chi connectivity index (χ1v) is 6.83. The number of ketones is 2. The number of carbonyl (C=O) groups is 3. The summed E-state index contributed by atoms with van der Waals surface area (Å²) in [4.78, 5) is 33.4. The van der Waals surface area contributed by atoms with Crippen LogP contribution in [0.25, 0.3) is 0 Å². The van der Waals surface area contributed by atoms with Gasteiger partial charge in [-0.3, -0.25) is 9.59 Å². The molecule has 0 aliphatic rings. The lowest BCUT2D eigenvalue weighted by Crippen LogP contribution is -2.17. The van der Waals surface area contributed by atoms with E-state index in [0.29, 0.717) is 0 Å². The first kappa shape index (κ1) is 17.3. The Labute approximate surface area is 135 Å². The summed E-state index contributed by atoms with van der Waals surface area (Å²) in [5.74, 6) is -4.95. The van der Waals surface area contributed by atoms with Gasteiger partial charge in [-0.05, 0) is 24.3 Å². The monoisotopic (exact) mass is 334 g/mol. The van der Waals surface area contributed by atoms with Gasteiger partial charge in [0.15, 0.2) is 5.78 Å². The third-order valence-corrected chi connectivity index (χ3v) is 3.16. The molecular formula is C17H12F2O5. The fourth-order valence-corrected chi connectivity index (χ4v) is 1.91.